The van der Waals surface area contributed by atoms with E-state index in [1.807, 2.05) is 0 Å². The smallest absolute Gasteiger partial charge is 0.0236 e. The highest BCUT2D eigenvalue weighted by molar-refractivity contribution is 5.32. The van der Waals surface area contributed by atoms with Crippen LogP contribution in [0.5, 0.6) is 0 Å². The molecule has 1 aliphatic heterocycles. The van der Waals surface area contributed by atoms with E-state index < -0.39 is 0 Å². The Kier molecular flexibility index (Phi) is 4.17. The molecular weight excluding hydrogens is 242 g/mol. The van der Waals surface area contributed by atoms with Crippen molar-refractivity contribution >= 4 is 0 Å². The van der Waals surface area contributed by atoms with Gasteiger partial charge in [-0.05, 0) is 42.0 Å². The average molecular weight is 265 g/mol. The van der Waals surface area contributed by atoms with Gasteiger partial charge < -0.3 is 0 Å². The molecule has 1 heteroatoms. The molecule has 0 spiro atoms. The van der Waals surface area contributed by atoms with Crippen molar-refractivity contribution in [1.82, 2.24) is 4.90 Å². The lowest BCUT2D eigenvalue weighted by Gasteiger charge is -2.33. The molecule has 1 aliphatic rings. The van der Waals surface area contributed by atoms with E-state index in [0.717, 1.165) is 6.54 Å². The summed E-state index contributed by atoms with van der Waals surface area (Å²) in [5.41, 5.74) is 4.52. The van der Waals surface area contributed by atoms with Gasteiger partial charge >= 0.3 is 0 Å². The van der Waals surface area contributed by atoms with E-state index in [-0.39, 0.29) is 0 Å². The second-order valence-corrected chi connectivity index (χ2v) is 5.92. The van der Waals surface area contributed by atoms with E-state index in [0.29, 0.717) is 5.92 Å². The fourth-order valence-electron chi connectivity index (χ4n) is 3.27. The predicted octanol–water partition coefficient (Wildman–Crippen LogP) is 4.24. The summed E-state index contributed by atoms with van der Waals surface area (Å²) in [5.74, 6) is 0.664. The van der Waals surface area contributed by atoms with Crippen LogP contribution in [0.25, 0.3) is 0 Å². The first kappa shape index (κ1) is 13.4. The highest BCUT2D eigenvalue weighted by Gasteiger charge is 2.20. The Labute approximate surface area is 122 Å². The number of fused-ring (bicyclic) bond motifs is 1. The molecule has 0 saturated heterocycles. The van der Waals surface area contributed by atoms with Crippen molar-refractivity contribution in [2.45, 2.75) is 32.2 Å². The molecule has 0 aliphatic carbocycles. The van der Waals surface area contributed by atoms with E-state index in [1.54, 1.807) is 5.56 Å². The summed E-state index contributed by atoms with van der Waals surface area (Å²) in [6.07, 6.45) is 2.44. The fourth-order valence-corrected chi connectivity index (χ4v) is 3.27. The van der Waals surface area contributed by atoms with Gasteiger partial charge in [-0.1, -0.05) is 61.5 Å². The highest BCUT2D eigenvalue weighted by Crippen LogP contribution is 2.27. The SMILES string of the molecule is CC1CN(CCCc2ccccc2)Cc2ccccc21. The Morgan fingerprint density at radius 3 is 2.60 bits per heavy atom. The van der Waals surface area contributed by atoms with E-state index >= 15 is 0 Å². The van der Waals surface area contributed by atoms with Crippen molar-refractivity contribution in [3.8, 4) is 0 Å². The zero-order valence-corrected chi connectivity index (χ0v) is 12.3. The molecule has 1 nitrogen and oxygen atoms in total. The van der Waals surface area contributed by atoms with Crippen LogP contribution in [0.2, 0.25) is 0 Å². The first-order valence-electron chi connectivity index (χ1n) is 7.67. The number of hydrogen-bond acceptors (Lipinski definition) is 1. The van der Waals surface area contributed by atoms with Crippen LogP contribution in [0.3, 0.4) is 0 Å². The third kappa shape index (κ3) is 3.10. The van der Waals surface area contributed by atoms with Gasteiger partial charge in [0.2, 0.25) is 0 Å². The van der Waals surface area contributed by atoms with Crippen molar-refractivity contribution < 1.29 is 0 Å². The molecule has 20 heavy (non-hydrogen) atoms. The van der Waals surface area contributed by atoms with Crippen LogP contribution in [0, 0.1) is 0 Å². The van der Waals surface area contributed by atoms with Gasteiger partial charge in [-0.15, -0.1) is 0 Å². The van der Waals surface area contributed by atoms with Crippen LogP contribution in [0.15, 0.2) is 54.6 Å². The molecule has 0 N–H and O–H groups in total. The Balaban J connectivity index is 1.55. The normalized spacial score (nSPS) is 18.8. The molecule has 104 valence electrons. The molecule has 1 heterocycles. The predicted molar refractivity (Wildman–Crippen MR) is 84.9 cm³/mol. The van der Waals surface area contributed by atoms with Crippen molar-refractivity contribution in [1.29, 1.82) is 0 Å². The van der Waals surface area contributed by atoms with E-state index in [1.165, 1.54) is 37.1 Å². The Hall–Kier alpha value is -1.60. The first-order chi connectivity index (χ1) is 9.83. The van der Waals surface area contributed by atoms with Crippen molar-refractivity contribution in [3.63, 3.8) is 0 Å². The number of aryl methyl sites for hydroxylation is 1. The fraction of sp³-hybridized carbons (Fsp3) is 0.368. The maximum Gasteiger partial charge on any atom is 0.0236 e. The van der Waals surface area contributed by atoms with Crippen LogP contribution in [0.4, 0.5) is 0 Å². The van der Waals surface area contributed by atoms with Crippen LogP contribution >= 0.6 is 0 Å². The van der Waals surface area contributed by atoms with Gasteiger partial charge in [0.25, 0.3) is 0 Å². The zero-order chi connectivity index (χ0) is 13.8. The second-order valence-electron chi connectivity index (χ2n) is 5.92. The molecule has 2 aromatic carbocycles. The monoisotopic (exact) mass is 265 g/mol. The summed E-state index contributed by atoms with van der Waals surface area (Å²) in [5, 5.41) is 0. The second kappa shape index (κ2) is 6.23. The van der Waals surface area contributed by atoms with Gasteiger partial charge in [-0.3, -0.25) is 4.90 Å². The van der Waals surface area contributed by atoms with Crippen LogP contribution in [0.1, 0.15) is 36.0 Å². The van der Waals surface area contributed by atoms with Gasteiger partial charge in [0.05, 0.1) is 0 Å². The lowest BCUT2D eigenvalue weighted by Crippen LogP contribution is -2.33. The molecular formula is C19H23N. The maximum absolute atomic E-state index is 2.61. The minimum absolute atomic E-state index is 0.664. The molecule has 0 fully saturated rings. The van der Waals surface area contributed by atoms with Gasteiger partial charge in [-0.2, -0.15) is 0 Å². The Morgan fingerprint density at radius 1 is 1.00 bits per heavy atom. The van der Waals surface area contributed by atoms with Crippen LogP contribution in [-0.4, -0.2) is 18.0 Å². The van der Waals surface area contributed by atoms with Gasteiger partial charge in [0, 0.05) is 13.1 Å². The molecule has 1 unspecified atom stereocenters. The number of benzene rings is 2. The minimum Gasteiger partial charge on any atom is -0.298 e. The summed E-state index contributed by atoms with van der Waals surface area (Å²) in [7, 11) is 0. The van der Waals surface area contributed by atoms with Crippen LogP contribution < -0.4 is 0 Å². The summed E-state index contributed by atoms with van der Waals surface area (Å²) in [6.45, 7) is 5.87. The number of hydrogen-bond donors (Lipinski definition) is 0. The summed E-state index contributed by atoms with van der Waals surface area (Å²) >= 11 is 0. The summed E-state index contributed by atoms with van der Waals surface area (Å²) in [6, 6.07) is 19.7. The molecule has 1 atom stereocenters. The lowest BCUT2D eigenvalue weighted by atomic mass is 9.91. The van der Waals surface area contributed by atoms with E-state index in [4.69, 9.17) is 0 Å². The standard InChI is InChI=1S/C19H23N/c1-16-14-20(15-18-11-5-6-12-19(16)18)13-7-10-17-8-3-2-4-9-17/h2-6,8-9,11-12,16H,7,10,13-15H2,1H3. The third-order valence-electron chi connectivity index (χ3n) is 4.29. The van der Waals surface area contributed by atoms with Crippen molar-refractivity contribution in [2.75, 3.05) is 13.1 Å². The molecule has 0 amide bonds. The average Bonchev–Trinajstić information content (AvgIpc) is 2.48. The molecule has 0 aromatic heterocycles. The largest absolute Gasteiger partial charge is 0.298 e. The summed E-state index contributed by atoms with van der Waals surface area (Å²) < 4.78 is 0. The Morgan fingerprint density at radius 2 is 1.75 bits per heavy atom. The molecule has 0 radical (unpaired) electrons. The molecule has 0 bridgehead atoms. The third-order valence-corrected chi connectivity index (χ3v) is 4.29. The quantitative estimate of drug-likeness (QED) is 0.799. The van der Waals surface area contributed by atoms with E-state index in [2.05, 4.69) is 66.4 Å². The van der Waals surface area contributed by atoms with E-state index in [9.17, 15) is 0 Å². The first-order valence-corrected chi connectivity index (χ1v) is 7.67. The van der Waals surface area contributed by atoms with Crippen LogP contribution in [-0.2, 0) is 13.0 Å². The van der Waals surface area contributed by atoms with Gasteiger partial charge in [0.15, 0.2) is 0 Å². The molecule has 3 rings (SSSR count). The highest BCUT2D eigenvalue weighted by atomic mass is 15.1. The van der Waals surface area contributed by atoms with Gasteiger partial charge in [-0.25, -0.2) is 0 Å². The number of nitrogens with zero attached hydrogens (tertiary/aromatic N) is 1. The number of rotatable bonds is 4. The Bertz CT molecular complexity index is 547. The van der Waals surface area contributed by atoms with Crippen molar-refractivity contribution in [3.05, 3.63) is 71.3 Å². The maximum atomic E-state index is 2.61. The lowest BCUT2D eigenvalue weighted by molar-refractivity contribution is 0.232. The minimum atomic E-state index is 0.664. The topological polar surface area (TPSA) is 3.24 Å². The molecule has 2 aromatic rings. The molecule has 0 saturated carbocycles. The summed E-state index contributed by atoms with van der Waals surface area (Å²) in [4.78, 5) is 2.61. The van der Waals surface area contributed by atoms with Gasteiger partial charge in [0.1, 0.15) is 0 Å². The van der Waals surface area contributed by atoms with Crippen molar-refractivity contribution in [2.24, 2.45) is 0 Å². The zero-order valence-electron chi connectivity index (χ0n) is 12.3.